The molecule has 0 saturated carbocycles. The second kappa shape index (κ2) is 4.87. The lowest BCUT2D eigenvalue weighted by atomic mass is 10.0. The highest BCUT2D eigenvalue weighted by molar-refractivity contribution is 5.75. The number of benzene rings is 2. The lowest BCUT2D eigenvalue weighted by Gasteiger charge is -2.07. The van der Waals surface area contributed by atoms with E-state index in [1.807, 2.05) is 0 Å². The van der Waals surface area contributed by atoms with Crippen LogP contribution in [-0.2, 0) is 0 Å². The second-order valence-corrected chi connectivity index (χ2v) is 3.69. The molecule has 0 atom stereocenters. The zero-order chi connectivity index (χ0) is 15.0. The van der Waals surface area contributed by atoms with E-state index in [0.717, 1.165) is 0 Å². The first-order chi connectivity index (χ1) is 9.31. The molecular formula is C12H3F5NO2. The molecule has 0 aliphatic carbocycles. The van der Waals surface area contributed by atoms with Crippen molar-refractivity contribution in [1.82, 2.24) is 0 Å². The van der Waals surface area contributed by atoms with Gasteiger partial charge in [0, 0.05) is 12.1 Å². The van der Waals surface area contributed by atoms with Gasteiger partial charge in [-0.1, -0.05) is 0 Å². The zero-order valence-corrected chi connectivity index (χ0v) is 9.39. The van der Waals surface area contributed by atoms with Crippen molar-refractivity contribution in [3.05, 3.63) is 63.5 Å². The van der Waals surface area contributed by atoms with Gasteiger partial charge in [0.2, 0.25) is 0 Å². The maximum Gasteiger partial charge on any atom is 0.283 e. The maximum absolute atomic E-state index is 13.6. The molecule has 0 spiro atoms. The molecule has 0 N–H and O–H groups in total. The Balaban J connectivity index is 2.86. The fourth-order valence-electron chi connectivity index (χ4n) is 1.67. The summed E-state index contributed by atoms with van der Waals surface area (Å²) in [6.07, 6.45) is 0. The van der Waals surface area contributed by atoms with E-state index in [4.69, 9.17) is 0 Å². The van der Waals surface area contributed by atoms with Gasteiger partial charge in [-0.2, -0.15) is 0 Å². The minimum absolute atomic E-state index is 0.227. The van der Waals surface area contributed by atoms with Gasteiger partial charge in [-0.15, -0.1) is 0 Å². The normalized spacial score (nSPS) is 10.7. The highest BCUT2D eigenvalue weighted by atomic mass is 19.2. The summed E-state index contributed by atoms with van der Waals surface area (Å²) in [5, 5.41) is 10.7. The number of hydrogen-bond donors (Lipinski definition) is 0. The number of rotatable bonds is 2. The fraction of sp³-hybridized carbons (Fsp3) is 0. The Hall–Kier alpha value is -2.51. The van der Waals surface area contributed by atoms with Gasteiger partial charge in [0.05, 0.1) is 22.6 Å². The van der Waals surface area contributed by atoms with Gasteiger partial charge < -0.3 is 0 Å². The van der Waals surface area contributed by atoms with Crippen LogP contribution in [0.25, 0.3) is 11.1 Å². The minimum atomic E-state index is -1.65. The average molecular weight is 288 g/mol. The van der Waals surface area contributed by atoms with Gasteiger partial charge in [0.25, 0.3) is 5.69 Å². The van der Waals surface area contributed by atoms with E-state index in [1.54, 1.807) is 0 Å². The Bertz CT molecular complexity index is 694. The molecule has 0 aliphatic heterocycles. The van der Waals surface area contributed by atoms with Crippen molar-refractivity contribution in [1.29, 1.82) is 0 Å². The smallest absolute Gasteiger partial charge is 0.258 e. The minimum Gasteiger partial charge on any atom is -0.258 e. The first kappa shape index (κ1) is 13.9. The molecular weight excluding hydrogens is 285 g/mol. The van der Waals surface area contributed by atoms with Crippen LogP contribution in [0.2, 0.25) is 0 Å². The molecule has 20 heavy (non-hydrogen) atoms. The largest absolute Gasteiger partial charge is 0.283 e. The van der Waals surface area contributed by atoms with E-state index in [-0.39, 0.29) is 18.2 Å². The fourth-order valence-corrected chi connectivity index (χ4v) is 1.67. The third-order valence-electron chi connectivity index (χ3n) is 2.42. The van der Waals surface area contributed by atoms with Crippen LogP contribution in [0, 0.1) is 45.3 Å². The molecule has 0 aromatic heterocycles. The number of nitrogens with zero attached hydrogens (tertiary/aromatic N) is 1. The predicted octanol–water partition coefficient (Wildman–Crippen LogP) is 3.76. The van der Waals surface area contributed by atoms with Crippen molar-refractivity contribution < 1.29 is 26.9 Å². The van der Waals surface area contributed by atoms with Crippen molar-refractivity contribution in [2.75, 3.05) is 0 Å². The topological polar surface area (TPSA) is 43.1 Å². The maximum atomic E-state index is 13.6. The molecule has 8 heteroatoms. The van der Waals surface area contributed by atoms with Crippen LogP contribution in [0.1, 0.15) is 0 Å². The zero-order valence-electron chi connectivity index (χ0n) is 9.39. The molecule has 103 valence electrons. The number of nitro groups is 1. The lowest BCUT2D eigenvalue weighted by molar-refractivity contribution is -0.384. The average Bonchev–Trinajstić information content (AvgIpc) is 2.29. The summed E-state index contributed by atoms with van der Waals surface area (Å²) in [7, 11) is 0. The number of halogens is 5. The molecule has 0 heterocycles. The van der Waals surface area contributed by atoms with Gasteiger partial charge >= 0.3 is 0 Å². The molecule has 2 aromatic rings. The Morgan fingerprint density at radius 2 is 1.50 bits per heavy atom. The van der Waals surface area contributed by atoms with Crippen molar-refractivity contribution in [3.63, 3.8) is 0 Å². The summed E-state index contributed by atoms with van der Waals surface area (Å²) in [6.45, 7) is 0. The molecule has 0 bridgehead atoms. The molecule has 0 unspecified atom stereocenters. The molecule has 0 fully saturated rings. The van der Waals surface area contributed by atoms with Gasteiger partial charge in [0.15, 0.2) is 0 Å². The Labute approximate surface area is 108 Å². The molecule has 3 nitrogen and oxygen atoms in total. The van der Waals surface area contributed by atoms with Gasteiger partial charge in [-0.05, 0) is 0 Å². The summed E-state index contributed by atoms with van der Waals surface area (Å²) in [5.41, 5.74) is -3.48. The van der Waals surface area contributed by atoms with Crippen LogP contribution in [0.3, 0.4) is 0 Å². The van der Waals surface area contributed by atoms with Crippen molar-refractivity contribution in [3.8, 4) is 11.1 Å². The first-order valence-electron chi connectivity index (χ1n) is 5.02. The number of hydrogen-bond acceptors (Lipinski definition) is 2. The molecule has 0 amide bonds. The van der Waals surface area contributed by atoms with Gasteiger partial charge in [-0.3, -0.25) is 10.1 Å². The van der Waals surface area contributed by atoms with E-state index in [2.05, 4.69) is 0 Å². The lowest BCUT2D eigenvalue weighted by Crippen LogP contribution is -2.01. The van der Waals surface area contributed by atoms with Gasteiger partial charge in [0.1, 0.15) is 34.6 Å². The summed E-state index contributed by atoms with van der Waals surface area (Å²) < 4.78 is 66.4. The van der Waals surface area contributed by atoms with E-state index in [9.17, 15) is 32.1 Å². The standard InChI is InChI=1S/C12H3F5NO2/c13-5-1-7(15)11(8(16)2-5)12-9(17)3-6(14)4-10(12)18(19)20/h1-2,4H. The molecule has 1 radical (unpaired) electrons. The highest BCUT2D eigenvalue weighted by Gasteiger charge is 2.27. The SMILES string of the molecule is O=[N+]([O-])c1cc(F)[c]c(F)c1-c1c(F)cc(F)cc1F. The van der Waals surface area contributed by atoms with Crippen molar-refractivity contribution in [2.45, 2.75) is 0 Å². The van der Waals surface area contributed by atoms with Crippen molar-refractivity contribution in [2.24, 2.45) is 0 Å². The van der Waals surface area contributed by atoms with Crippen molar-refractivity contribution >= 4 is 5.69 Å². The third kappa shape index (κ3) is 2.31. The Morgan fingerprint density at radius 3 is 2.00 bits per heavy atom. The highest BCUT2D eigenvalue weighted by Crippen LogP contribution is 2.36. The molecule has 2 rings (SSSR count). The molecule has 0 saturated heterocycles. The monoisotopic (exact) mass is 288 g/mol. The summed E-state index contributed by atoms with van der Waals surface area (Å²) in [4.78, 5) is 9.52. The van der Waals surface area contributed by atoms with E-state index >= 15 is 0 Å². The summed E-state index contributed by atoms with van der Waals surface area (Å²) in [5.74, 6) is -7.44. The number of nitro benzene ring substituents is 1. The van der Waals surface area contributed by atoms with Gasteiger partial charge in [-0.25, -0.2) is 22.0 Å². The van der Waals surface area contributed by atoms with E-state index in [1.165, 1.54) is 6.07 Å². The molecule has 0 aliphatic rings. The van der Waals surface area contributed by atoms with E-state index < -0.39 is 50.8 Å². The third-order valence-corrected chi connectivity index (χ3v) is 2.42. The summed E-state index contributed by atoms with van der Waals surface area (Å²) in [6, 6.07) is 2.16. The van der Waals surface area contributed by atoms with Crippen LogP contribution in [0.4, 0.5) is 27.6 Å². The predicted molar refractivity (Wildman–Crippen MR) is 57.2 cm³/mol. The van der Waals surface area contributed by atoms with Crippen LogP contribution in [-0.4, -0.2) is 4.92 Å². The van der Waals surface area contributed by atoms with Crippen LogP contribution in [0.15, 0.2) is 18.2 Å². The summed E-state index contributed by atoms with van der Waals surface area (Å²) >= 11 is 0. The Kier molecular flexibility index (Phi) is 3.39. The second-order valence-electron chi connectivity index (χ2n) is 3.69. The quantitative estimate of drug-likeness (QED) is 0.480. The van der Waals surface area contributed by atoms with Crippen LogP contribution >= 0.6 is 0 Å². The van der Waals surface area contributed by atoms with E-state index in [0.29, 0.717) is 0 Å². The molecule has 2 aromatic carbocycles. The van der Waals surface area contributed by atoms with Crippen LogP contribution < -0.4 is 0 Å². The first-order valence-corrected chi connectivity index (χ1v) is 5.02. The van der Waals surface area contributed by atoms with Crippen LogP contribution in [0.5, 0.6) is 0 Å². The Morgan fingerprint density at radius 1 is 0.950 bits per heavy atom.